The molecule has 1 rings (SSSR count). The number of hydrogen-bond acceptors (Lipinski definition) is 5. The lowest BCUT2D eigenvalue weighted by atomic mass is 10.1. The molecule has 1 aliphatic heterocycles. The maximum atomic E-state index is 9.40. The number of hydrogen-bond donors (Lipinski definition) is 1. The Hall–Kier alpha value is -0.200. The molecule has 4 atom stereocenters. The SMILES string of the molecule is CO[C@H]1[C@H](OC)[C@H](OC)CO[C@@H]1O. The molecule has 1 heterocycles. The Morgan fingerprint density at radius 1 is 1.08 bits per heavy atom. The first-order chi connectivity index (χ1) is 6.24. The first kappa shape index (κ1) is 10.9. The van der Waals surface area contributed by atoms with Gasteiger partial charge in [0.1, 0.15) is 18.3 Å². The Kier molecular flexibility index (Phi) is 4.08. The molecule has 0 aliphatic carbocycles. The first-order valence-electron chi connectivity index (χ1n) is 4.12. The van der Waals surface area contributed by atoms with Crippen LogP contribution in [0.4, 0.5) is 0 Å². The van der Waals surface area contributed by atoms with Gasteiger partial charge in [-0.1, -0.05) is 0 Å². The topological polar surface area (TPSA) is 57.2 Å². The molecule has 0 saturated carbocycles. The van der Waals surface area contributed by atoms with E-state index in [1.165, 1.54) is 7.11 Å². The molecule has 1 fully saturated rings. The fourth-order valence-corrected chi connectivity index (χ4v) is 1.50. The standard InChI is InChI=1S/C8H16O5/c1-10-5-4-13-8(9)7(12-3)6(5)11-2/h5-9H,4H2,1-3H3/t5-,6-,7+,8+/m1/s1. The van der Waals surface area contributed by atoms with E-state index in [4.69, 9.17) is 18.9 Å². The Balaban J connectivity index is 2.64. The van der Waals surface area contributed by atoms with E-state index >= 15 is 0 Å². The molecule has 0 radical (unpaired) electrons. The van der Waals surface area contributed by atoms with Gasteiger partial charge in [-0.15, -0.1) is 0 Å². The Morgan fingerprint density at radius 3 is 2.15 bits per heavy atom. The summed E-state index contributed by atoms with van der Waals surface area (Å²) in [6, 6.07) is 0. The summed E-state index contributed by atoms with van der Waals surface area (Å²) in [5.41, 5.74) is 0. The average molecular weight is 192 g/mol. The van der Waals surface area contributed by atoms with Gasteiger partial charge in [0.15, 0.2) is 6.29 Å². The van der Waals surface area contributed by atoms with Crippen LogP contribution in [0, 0.1) is 0 Å². The molecule has 0 bridgehead atoms. The molecule has 0 unspecified atom stereocenters. The molecule has 5 nitrogen and oxygen atoms in total. The van der Waals surface area contributed by atoms with Crippen LogP contribution in [0.25, 0.3) is 0 Å². The highest BCUT2D eigenvalue weighted by Gasteiger charge is 2.40. The Bertz CT molecular complexity index is 151. The van der Waals surface area contributed by atoms with Crippen LogP contribution in [-0.4, -0.2) is 57.6 Å². The summed E-state index contributed by atoms with van der Waals surface area (Å²) in [6.07, 6.45) is -1.93. The lowest BCUT2D eigenvalue weighted by molar-refractivity contribution is -0.267. The first-order valence-corrected chi connectivity index (χ1v) is 4.12. The van der Waals surface area contributed by atoms with E-state index in [9.17, 15) is 5.11 Å². The highest BCUT2D eigenvalue weighted by Crippen LogP contribution is 2.20. The monoisotopic (exact) mass is 192 g/mol. The van der Waals surface area contributed by atoms with Gasteiger partial charge in [0.2, 0.25) is 0 Å². The van der Waals surface area contributed by atoms with Crippen molar-refractivity contribution >= 4 is 0 Å². The van der Waals surface area contributed by atoms with E-state index in [1.54, 1.807) is 14.2 Å². The summed E-state index contributed by atoms with van der Waals surface area (Å²) in [7, 11) is 4.63. The normalized spacial score (nSPS) is 40.6. The summed E-state index contributed by atoms with van der Waals surface area (Å²) in [4.78, 5) is 0. The molecule has 1 aliphatic rings. The minimum atomic E-state index is -0.943. The van der Waals surface area contributed by atoms with Crippen LogP contribution >= 0.6 is 0 Å². The average Bonchev–Trinajstić information content (AvgIpc) is 2.17. The van der Waals surface area contributed by atoms with Crippen LogP contribution in [0.3, 0.4) is 0 Å². The second-order valence-electron chi connectivity index (χ2n) is 2.90. The van der Waals surface area contributed by atoms with Crippen LogP contribution in [-0.2, 0) is 18.9 Å². The lowest BCUT2D eigenvalue weighted by Gasteiger charge is -2.38. The molecule has 78 valence electrons. The van der Waals surface area contributed by atoms with Gasteiger partial charge in [-0.3, -0.25) is 0 Å². The van der Waals surface area contributed by atoms with Gasteiger partial charge in [-0.25, -0.2) is 0 Å². The quantitative estimate of drug-likeness (QED) is 0.646. The number of methoxy groups -OCH3 is 3. The zero-order valence-corrected chi connectivity index (χ0v) is 8.10. The smallest absolute Gasteiger partial charge is 0.183 e. The molecule has 1 N–H and O–H groups in total. The Morgan fingerprint density at radius 2 is 1.69 bits per heavy atom. The van der Waals surface area contributed by atoms with Crippen LogP contribution in [0.5, 0.6) is 0 Å². The largest absolute Gasteiger partial charge is 0.376 e. The highest BCUT2D eigenvalue weighted by atomic mass is 16.7. The number of aliphatic hydroxyl groups excluding tert-OH is 1. The zero-order valence-electron chi connectivity index (χ0n) is 8.10. The summed E-state index contributed by atoms with van der Waals surface area (Å²) >= 11 is 0. The van der Waals surface area contributed by atoms with Crippen LogP contribution in [0.2, 0.25) is 0 Å². The summed E-state index contributed by atoms with van der Waals surface area (Å²) in [5, 5.41) is 9.40. The van der Waals surface area contributed by atoms with E-state index in [1.807, 2.05) is 0 Å². The number of rotatable bonds is 3. The maximum Gasteiger partial charge on any atom is 0.183 e. The predicted octanol–water partition coefficient (Wildman–Crippen LogP) is -0.620. The molecule has 0 aromatic carbocycles. The molecule has 0 spiro atoms. The van der Waals surface area contributed by atoms with Crippen molar-refractivity contribution in [2.75, 3.05) is 27.9 Å². The fraction of sp³-hybridized carbons (Fsp3) is 1.00. The van der Waals surface area contributed by atoms with Crippen molar-refractivity contribution in [1.29, 1.82) is 0 Å². The van der Waals surface area contributed by atoms with E-state index < -0.39 is 12.4 Å². The third-order valence-electron chi connectivity index (χ3n) is 2.25. The summed E-state index contributed by atoms with van der Waals surface area (Å²) in [6.45, 7) is 0.316. The van der Waals surface area contributed by atoms with Gasteiger partial charge >= 0.3 is 0 Å². The molecule has 5 heteroatoms. The van der Waals surface area contributed by atoms with Crippen LogP contribution in [0.15, 0.2) is 0 Å². The third kappa shape index (κ3) is 2.18. The summed E-state index contributed by atoms with van der Waals surface area (Å²) < 4.78 is 20.4. The van der Waals surface area contributed by atoms with Crippen LogP contribution in [0.1, 0.15) is 0 Å². The van der Waals surface area contributed by atoms with Crippen molar-refractivity contribution in [2.45, 2.75) is 24.6 Å². The fourth-order valence-electron chi connectivity index (χ4n) is 1.50. The van der Waals surface area contributed by atoms with E-state index in [0.29, 0.717) is 6.61 Å². The number of aliphatic hydroxyl groups is 1. The second kappa shape index (κ2) is 4.88. The van der Waals surface area contributed by atoms with E-state index in [-0.39, 0.29) is 12.2 Å². The van der Waals surface area contributed by atoms with E-state index in [0.717, 1.165) is 0 Å². The van der Waals surface area contributed by atoms with Gasteiger partial charge < -0.3 is 24.1 Å². The molecule has 0 aromatic rings. The second-order valence-corrected chi connectivity index (χ2v) is 2.90. The van der Waals surface area contributed by atoms with Gasteiger partial charge in [0.25, 0.3) is 0 Å². The third-order valence-corrected chi connectivity index (χ3v) is 2.25. The summed E-state index contributed by atoms with van der Waals surface area (Å²) in [5.74, 6) is 0. The van der Waals surface area contributed by atoms with Crippen LogP contribution < -0.4 is 0 Å². The van der Waals surface area contributed by atoms with Crippen molar-refractivity contribution in [3.05, 3.63) is 0 Å². The molecule has 1 saturated heterocycles. The van der Waals surface area contributed by atoms with Crippen molar-refractivity contribution in [1.82, 2.24) is 0 Å². The zero-order chi connectivity index (χ0) is 9.84. The lowest BCUT2D eigenvalue weighted by Crippen LogP contribution is -2.55. The minimum absolute atomic E-state index is 0.196. The van der Waals surface area contributed by atoms with Crippen molar-refractivity contribution < 1.29 is 24.1 Å². The molecular formula is C8H16O5. The minimum Gasteiger partial charge on any atom is -0.376 e. The van der Waals surface area contributed by atoms with Gasteiger partial charge in [-0.05, 0) is 0 Å². The molecule has 0 amide bonds. The molecule has 0 aromatic heterocycles. The Labute approximate surface area is 77.5 Å². The van der Waals surface area contributed by atoms with Gasteiger partial charge in [-0.2, -0.15) is 0 Å². The van der Waals surface area contributed by atoms with Crippen molar-refractivity contribution in [3.63, 3.8) is 0 Å². The predicted molar refractivity (Wildman–Crippen MR) is 44.3 cm³/mol. The number of ether oxygens (including phenoxy) is 4. The van der Waals surface area contributed by atoms with Gasteiger partial charge in [0.05, 0.1) is 6.61 Å². The van der Waals surface area contributed by atoms with E-state index in [2.05, 4.69) is 0 Å². The molecular weight excluding hydrogens is 176 g/mol. The van der Waals surface area contributed by atoms with Crippen molar-refractivity contribution in [2.24, 2.45) is 0 Å². The molecule has 13 heavy (non-hydrogen) atoms. The maximum absolute atomic E-state index is 9.40. The van der Waals surface area contributed by atoms with Gasteiger partial charge in [0, 0.05) is 21.3 Å². The van der Waals surface area contributed by atoms with Crippen molar-refractivity contribution in [3.8, 4) is 0 Å². The highest BCUT2D eigenvalue weighted by molar-refractivity contribution is 4.85.